The lowest BCUT2D eigenvalue weighted by atomic mass is 9.99. The molecule has 0 fully saturated rings. The third-order valence-electron chi connectivity index (χ3n) is 2.44. The third-order valence-corrected chi connectivity index (χ3v) is 2.44. The molecule has 1 aromatic carbocycles. The number of carboxylic acids is 1. The van der Waals surface area contributed by atoms with Gasteiger partial charge in [0, 0.05) is 0 Å². The van der Waals surface area contributed by atoms with Gasteiger partial charge in [-0.25, -0.2) is 0 Å². The minimum atomic E-state index is -0.781. The fourth-order valence-electron chi connectivity index (χ4n) is 1.34. The van der Waals surface area contributed by atoms with E-state index in [2.05, 4.69) is 6.08 Å². The van der Waals surface area contributed by atoms with Gasteiger partial charge >= 0.3 is 5.97 Å². The van der Waals surface area contributed by atoms with E-state index in [4.69, 9.17) is 5.11 Å². The van der Waals surface area contributed by atoms with Crippen LogP contribution in [0.4, 0.5) is 0 Å². The zero-order valence-corrected chi connectivity index (χ0v) is 9.10. The van der Waals surface area contributed by atoms with Crippen LogP contribution in [0.5, 0.6) is 0 Å². The number of rotatable bonds is 4. The van der Waals surface area contributed by atoms with Crippen molar-refractivity contribution in [3.8, 4) is 0 Å². The Morgan fingerprint density at radius 2 is 2.00 bits per heavy atom. The average Bonchev–Trinajstić information content (AvgIpc) is 2.26. The number of carboxylic acid groups (broad SMARTS) is 1. The van der Waals surface area contributed by atoms with Crippen molar-refractivity contribution in [2.45, 2.75) is 26.2 Å². The van der Waals surface area contributed by atoms with Crippen LogP contribution in [0, 0.1) is 0 Å². The van der Waals surface area contributed by atoms with E-state index < -0.39 is 11.9 Å². The monoisotopic (exact) mass is 204 g/mol. The summed E-state index contributed by atoms with van der Waals surface area (Å²) in [5.74, 6) is -1.21. The number of carbonyl (C=O) groups is 1. The Morgan fingerprint density at radius 1 is 1.40 bits per heavy atom. The normalized spacial score (nSPS) is 12.9. The maximum Gasteiger partial charge on any atom is 0.310 e. The zero-order valence-electron chi connectivity index (χ0n) is 9.10. The molecule has 0 amide bonds. The molecule has 1 rings (SSSR count). The summed E-state index contributed by atoms with van der Waals surface area (Å²) in [4.78, 5) is 10.7. The van der Waals surface area contributed by atoms with Crippen molar-refractivity contribution in [3.05, 3.63) is 47.5 Å². The number of hydrogen-bond donors (Lipinski definition) is 1. The predicted molar refractivity (Wildman–Crippen MR) is 61.0 cm³/mol. The fourth-order valence-corrected chi connectivity index (χ4v) is 1.34. The van der Waals surface area contributed by atoms with Crippen molar-refractivity contribution in [1.29, 1.82) is 0 Å². The Hall–Kier alpha value is -1.57. The smallest absolute Gasteiger partial charge is 0.310 e. The van der Waals surface area contributed by atoms with E-state index in [9.17, 15) is 4.79 Å². The first-order valence-electron chi connectivity index (χ1n) is 5.08. The van der Waals surface area contributed by atoms with E-state index >= 15 is 0 Å². The summed E-state index contributed by atoms with van der Waals surface area (Å²) < 4.78 is 0. The summed E-state index contributed by atoms with van der Waals surface area (Å²) in [5, 5.41) is 8.83. The van der Waals surface area contributed by atoms with Crippen molar-refractivity contribution in [2.75, 3.05) is 0 Å². The molecular formula is C13H16O2. The molecule has 0 saturated heterocycles. The number of allylic oxidation sites excluding steroid dienone is 2. The molecular weight excluding hydrogens is 188 g/mol. The molecule has 0 heterocycles. The SMILES string of the molecule is CC=CCc1ccc(C(C)C(=O)O)cc1. The van der Waals surface area contributed by atoms with Crippen LogP contribution in [-0.2, 0) is 11.2 Å². The van der Waals surface area contributed by atoms with Gasteiger partial charge in [0.05, 0.1) is 5.92 Å². The Kier molecular flexibility index (Phi) is 4.10. The minimum Gasteiger partial charge on any atom is -0.481 e. The molecule has 0 aliphatic rings. The van der Waals surface area contributed by atoms with Gasteiger partial charge in [0.1, 0.15) is 0 Å². The topological polar surface area (TPSA) is 37.3 Å². The summed E-state index contributed by atoms with van der Waals surface area (Å²) in [7, 11) is 0. The van der Waals surface area contributed by atoms with Crippen LogP contribution >= 0.6 is 0 Å². The van der Waals surface area contributed by atoms with Gasteiger partial charge in [0.15, 0.2) is 0 Å². The molecule has 0 spiro atoms. The molecule has 0 aromatic heterocycles. The van der Waals surface area contributed by atoms with E-state index in [1.807, 2.05) is 37.3 Å². The second kappa shape index (κ2) is 5.35. The molecule has 0 aliphatic heterocycles. The molecule has 0 bridgehead atoms. The first kappa shape index (κ1) is 11.5. The average molecular weight is 204 g/mol. The summed E-state index contributed by atoms with van der Waals surface area (Å²) in [6, 6.07) is 7.73. The van der Waals surface area contributed by atoms with Crippen LogP contribution in [0.15, 0.2) is 36.4 Å². The van der Waals surface area contributed by atoms with E-state index in [1.54, 1.807) is 6.92 Å². The van der Waals surface area contributed by atoms with Crippen LogP contribution in [0.2, 0.25) is 0 Å². The number of hydrogen-bond acceptors (Lipinski definition) is 1. The van der Waals surface area contributed by atoms with Gasteiger partial charge in [-0.05, 0) is 31.4 Å². The van der Waals surface area contributed by atoms with Gasteiger partial charge < -0.3 is 5.11 Å². The van der Waals surface area contributed by atoms with Crippen LogP contribution in [-0.4, -0.2) is 11.1 Å². The van der Waals surface area contributed by atoms with E-state index in [0.29, 0.717) is 0 Å². The Balaban J connectivity index is 2.76. The van der Waals surface area contributed by atoms with E-state index in [0.717, 1.165) is 12.0 Å². The van der Waals surface area contributed by atoms with Gasteiger partial charge in [0.2, 0.25) is 0 Å². The quantitative estimate of drug-likeness (QED) is 0.765. The molecule has 80 valence electrons. The molecule has 1 N–H and O–H groups in total. The highest BCUT2D eigenvalue weighted by atomic mass is 16.4. The van der Waals surface area contributed by atoms with Gasteiger partial charge in [-0.1, -0.05) is 36.4 Å². The largest absolute Gasteiger partial charge is 0.481 e. The lowest BCUT2D eigenvalue weighted by molar-refractivity contribution is -0.138. The minimum absolute atomic E-state index is 0.430. The molecule has 15 heavy (non-hydrogen) atoms. The first-order valence-corrected chi connectivity index (χ1v) is 5.08. The Bertz CT molecular complexity index is 349. The maximum atomic E-state index is 10.7. The summed E-state index contributed by atoms with van der Waals surface area (Å²) >= 11 is 0. The van der Waals surface area contributed by atoms with E-state index in [1.165, 1.54) is 5.56 Å². The summed E-state index contributed by atoms with van der Waals surface area (Å²) in [6.07, 6.45) is 4.99. The highest BCUT2D eigenvalue weighted by Gasteiger charge is 2.12. The summed E-state index contributed by atoms with van der Waals surface area (Å²) in [5.41, 5.74) is 2.06. The highest BCUT2D eigenvalue weighted by Crippen LogP contribution is 2.16. The van der Waals surface area contributed by atoms with Gasteiger partial charge in [-0.3, -0.25) is 4.79 Å². The molecule has 1 aromatic rings. The Morgan fingerprint density at radius 3 is 2.47 bits per heavy atom. The molecule has 1 atom stereocenters. The first-order chi connectivity index (χ1) is 7.15. The molecule has 1 unspecified atom stereocenters. The third kappa shape index (κ3) is 3.24. The second-order valence-electron chi connectivity index (χ2n) is 3.57. The molecule has 2 nitrogen and oxygen atoms in total. The molecule has 0 saturated carbocycles. The maximum absolute atomic E-state index is 10.7. The molecule has 0 aliphatic carbocycles. The van der Waals surface area contributed by atoms with Crippen molar-refractivity contribution < 1.29 is 9.90 Å². The Labute approximate surface area is 90.3 Å². The second-order valence-corrected chi connectivity index (χ2v) is 3.57. The number of benzene rings is 1. The van der Waals surface area contributed by atoms with Crippen molar-refractivity contribution >= 4 is 5.97 Å². The van der Waals surface area contributed by atoms with E-state index in [-0.39, 0.29) is 0 Å². The molecule has 2 heteroatoms. The van der Waals surface area contributed by atoms with Crippen LogP contribution in [0.25, 0.3) is 0 Å². The number of aliphatic carboxylic acids is 1. The van der Waals surface area contributed by atoms with Crippen LogP contribution in [0.1, 0.15) is 30.9 Å². The van der Waals surface area contributed by atoms with Gasteiger partial charge in [-0.15, -0.1) is 0 Å². The van der Waals surface area contributed by atoms with Crippen molar-refractivity contribution in [1.82, 2.24) is 0 Å². The fraction of sp³-hybridized carbons (Fsp3) is 0.308. The van der Waals surface area contributed by atoms with Crippen molar-refractivity contribution in [3.63, 3.8) is 0 Å². The summed E-state index contributed by atoms with van der Waals surface area (Å²) in [6.45, 7) is 3.68. The zero-order chi connectivity index (χ0) is 11.3. The van der Waals surface area contributed by atoms with Crippen molar-refractivity contribution in [2.24, 2.45) is 0 Å². The molecule has 0 radical (unpaired) electrons. The highest BCUT2D eigenvalue weighted by molar-refractivity contribution is 5.75. The predicted octanol–water partition coefficient (Wildman–Crippen LogP) is 2.99. The van der Waals surface area contributed by atoms with Gasteiger partial charge in [0.25, 0.3) is 0 Å². The van der Waals surface area contributed by atoms with Crippen LogP contribution in [0.3, 0.4) is 0 Å². The lowest BCUT2D eigenvalue weighted by Crippen LogP contribution is -2.07. The standard InChI is InChI=1S/C13H16O2/c1-3-4-5-11-6-8-12(9-7-11)10(2)13(14)15/h3-4,6-10H,5H2,1-2H3,(H,14,15). The van der Waals surface area contributed by atoms with Crippen LogP contribution < -0.4 is 0 Å². The lowest BCUT2D eigenvalue weighted by Gasteiger charge is -2.06. The van der Waals surface area contributed by atoms with Gasteiger partial charge in [-0.2, -0.15) is 0 Å².